The van der Waals surface area contributed by atoms with E-state index in [4.69, 9.17) is 11.6 Å². The number of halogens is 1. The number of carbonyl (C=O) groups is 2. The number of nitrogens with zero attached hydrogens (tertiary/aromatic N) is 1. The first kappa shape index (κ1) is 26.2. The Morgan fingerprint density at radius 2 is 1.51 bits per heavy atom. The van der Waals surface area contributed by atoms with Gasteiger partial charge < -0.3 is 10.6 Å². The average molecular weight is 514 g/mol. The molecule has 0 aliphatic rings. The molecular formula is C26H28ClN3O4S. The first-order chi connectivity index (χ1) is 16.4. The van der Waals surface area contributed by atoms with E-state index in [0.717, 1.165) is 4.31 Å². The van der Waals surface area contributed by atoms with Crippen LogP contribution < -0.4 is 14.9 Å². The van der Waals surface area contributed by atoms with Gasteiger partial charge in [0.25, 0.3) is 15.9 Å². The fourth-order valence-corrected chi connectivity index (χ4v) is 5.01. The molecule has 0 saturated carbocycles. The predicted octanol–water partition coefficient (Wildman–Crippen LogP) is 5.01. The normalized spacial score (nSPS) is 11.6. The summed E-state index contributed by atoms with van der Waals surface area (Å²) in [4.78, 5) is 25.9. The highest BCUT2D eigenvalue weighted by Crippen LogP contribution is 2.27. The zero-order chi connectivity index (χ0) is 25.8. The molecule has 0 heterocycles. The van der Waals surface area contributed by atoms with Crippen LogP contribution in [0.3, 0.4) is 0 Å². The molecule has 0 aromatic heterocycles. The van der Waals surface area contributed by atoms with Crippen LogP contribution >= 0.6 is 11.6 Å². The van der Waals surface area contributed by atoms with Crippen LogP contribution in [0.25, 0.3) is 0 Å². The first-order valence-corrected chi connectivity index (χ1v) is 12.8. The Morgan fingerprint density at radius 3 is 2.14 bits per heavy atom. The summed E-state index contributed by atoms with van der Waals surface area (Å²) < 4.78 is 28.2. The van der Waals surface area contributed by atoms with Gasteiger partial charge in [-0.25, -0.2) is 8.42 Å². The van der Waals surface area contributed by atoms with E-state index < -0.39 is 28.0 Å². The number of hydrogen-bond acceptors (Lipinski definition) is 4. The van der Waals surface area contributed by atoms with E-state index in [1.165, 1.54) is 24.3 Å². The fraction of sp³-hybridized carbons (Fsp3) is 0.231. The third-order valence-electron chi connectivity index (χ3n) is 5.01. The van der Waals surface area contributed by atoms with Crippen LogP contribution in [0.15, 0.2) is 77.7 Å². The van der Waals surface area contributed by atoms with Gasteiger partial charge in [0, 0.05) is 10.6 Å². The lowest BCUT2D eigenvalue weighted by molar-refractivity contribution is -0.114. The molecule has 9 heteroatoms. The second kappa shape index (κ2) is 10.5. The molecule has 0 saturated heterocycles. The molecule has 0 unspecified atom stereocenters. The van der Waals surface area contributed by atoms with Crippen LogP contribution in [0, 0.1) is 6.92 Å². The fourth-order valence-electron chi connectivity index (χ4n) is 3.39. The van der Waals surface area contributed by atoms with Crippen LogP contribution in [-0.4, -0.2) is 32.3 Å². The highest BCUT2D eigenvalue weighted by atomic mass is 35.5. The molecule has 7 nitrogen and oxygen atoms in total. The van der Waals surface area contributed by atoms with Crippen LogP contribution in [0.2, 0.25) is 5.02 Å². The van der Waals surface area contributed by atoms with Gasteiger partial charge in [0.1, 0.15) is 6.54 Å². The van der Waals surface area contributed by atoms with Crippen molar-refractivity contribution in [2.45, 2.75) is 38.1 Å². The van der Waals surface area contributed by atoms with E-state index in [2.05, 4.69) is 10.6 Å². The molecule has 0 fully saturated rings. The lowest BCUT2D eigenvalue weighted by atomic mass is 10.1. The van der Waals surface area contributed by atoms with Gasteiger partial charge in [-0.15, -0.1) is 0 Å². The van der Waals surface area contributed by atoms with Gasteiger partial charge in [0.05, 0.1) is 21.8 Å². The standard InChI is InChI=1S/C26H28ClN3O4S/c1-18-9-5-8-12-23(18)30(35(33,34)20-15-13-19(27)14-16-20)17-24(31)28-22-11-7-6-10-21(22)25(32)29-26(2,3)4/h5-16H,17H2,1-4H3,(H,28,31)(H,29,32). The lowest BCUT2D eigenvalue weighted by Crippen LogP contribution is -2.41. The molecule has 3 aromatic carbocycles. The minimum atomic E-state index is -4.10. The van der Waals surface area contributed by atoms with Crippen molar-refractivity contribution in [1.82, 2.24) is 5.32 Å². The monoisotopic (exact) mass is 513 g/mol. The number of nitrogens with one attached hydrogen (secondary N) is 2. The molecule has 2 N–H and O–H groups in total. The van der Waals surface area contributed by atoms with Gasteiger partial charge in [0.15, 0.2) is 0 Å². The summed E-state index contributed by atoms with van der Waals surface area (Å²) >= 11 is 5.93. The van der Waals surface area contributed by atoms with Gasteiger partial charge in [-0.3, -0.25) is 13.9 Å². The Kier molecular flexibility index (Phi) is 7.87. The maximum atomic E-state index is 13.6. The molecule has 0 radical (unpaired) electrons. The number of para-hydroxylation sites is 2. The summed E-state index contributed by atoms with van der Waals surface area (Å²) in [6.07, 6.45) is 0. The van der Waals surface area contributed by atoms with E-state index >= 15 is 0 Å². The number of benzene rings is 3. The summed E-state index contributed by atoms with van der Waals surface area (Å²) in [5, 5.41) is 5.97. The van der Waals surface area contributed by atoms with Crippen molar-refractivity contribution in [3.63, 3.8) is 0 Å². The molecule has 0 spiro atoms. The van der Waals surface area contributed by atoms with Crippen molar-refractivity contribution in [1.29, 1.82) is 0 Å². The number of sulfonamides is 1. The number of rotatable bonds is 7. The molecule has 3 aromatic rings. The number of aryl methyl sites for hydroxylation is 1. The molecule has 0 atom stereocenters. The quantitative estimate of drug-likeness (QED) is 0.464. The minimum absolute atomic E-state index is 0.00269. The van der Waals surface area contributed by atoms with Gasteiger partial charge in [0.2, 0.25) is 5.91 Å². The largest absolute Gasteiger partial charge is 0.347 e. The molecule has 35 heavy (non-hydrogen) atoms. The predicted molar refractivity (Wildman–Crippen MR) is 139 cm³/mol. The van der Waals surface area contributed by atoms with Gasteiger partial charge in [-0.1, -0.05) is 41.9 Å². The first-order valence-electron chi connectivity index (χ1n) is 10.9. The highest BCUT2D eigenvalue weighted by Gasteiger charge is 2.29. The topological polar surface area (TPSA) is 95.6 Å². The number of amides is 2. The lowest BCUT2D eigenvalue weighted by Gasteiger charge is -2.26. The SMILES string of the molecule is Cc1ccccc1N(CC(=O)Nc1ccccc1C(=O)NC(C)(C)C)S(=O)(=O)c1ccc(Cl)cc1. The zero-order valence-electron chi connectivity index (χ0n) is 20.0. The molecular weight excluding hydrogens is 486 g/mol. The van der Waals surface area contributed by atoms with Gasteiger partial charge in [-0.2, -0.15) is 0 Å². The molecule has 0 aliphatic carbocycles. The van der Waals surface area contributed by atoms with Crippen molar-refractivity contribution in [2.24, 2.45) is 0 Å². The average Bonchev–Trinajstić information content (AvgIpc) is 2.77. The highest BCUT2D eigenvalue weighted by molar-refractivity contribution is 7.92. The second-order valence-corrected chi connectivity index (χ2v) is 11.3. The number of hydrogen-bond donors (Lipinski definition) is 2. The van der Waals surface area contributed by atoms with Crippen LogP contribution in [0.5, 0.6) is 0 Å². The Morgan fingerprint density at radius 1 is 0.914 bits per heavy atom. The third kappa shape index (κ3) is 6.61. The van der Waals surface area contributed by atoms with Crippen LogP contribution in [0.1, 0.15) is 36.7 Å². The summed E-state index contributed by atoms with van der Waals surface area (Å²) in [6.45, 7) is 6.84. The summed E-state index contributed by atoms with van der Waals surface area (Å²) in [5.74, 6) is -0.945. The second-order valence-electron chi connectivity index (χ2n) is 9.05. The van der Waals surface area contributed by atoms with Crippen molar-refractivity contribution in [2.75, 3.05) is 16.2 Å². The molecule has 0 bridgehead atoms. The Balaban J connectivity index is 1.94. The third-order valence-corrected chi connectivity index (χ3v) is 7.03. The van der Waals surface area contributed by atoms with Crippen LogP contribution in [0.4, 0.5) is 11.4 Å². The van der Waals surface area contributed by atoms with Gasteiger partial charge >= 0.3 is 0 Å². The minimum Gasteiger partial charge on any atom is -0.347 e. The van der Waals surface area contributed by atoms with Crippen molar-refractivity contribution in [3.05, 3.63) is 88.9 Å². The van der Waals surface area contributed by atoms with E-state index in [1.807, 2.05) is 20.8 Å². The molecule has 184 valence electrons. The molecule has 0 aliphatic heterocycles. The summed E-state index contributed by atoms with van der Waals surface area (Å²) in [5.41, 5.74) is 1.15. The molecule has 2 amide bonds. The van der Waals surface area contributed by atoms with E-state index in [1.54, 1.807) is 55.5 Å². The van der Waals surface area contributed by atoms with Gasteiger partial charge in [-0.05, 0) is 75.7 Å². The Bertz CT molecular complexity index is 1330. The number of anilines is 2. The summed E-state index contributed by atoms with van der Waals surface area (Å²) in [7, 11) is -4.10. The molecule has 3 rings (SSSR count). The number of carbonyl (C=O) groups excluding carboxylic acids is 2. The van der Waals surface area contributed by atoms with E-state index in [-0.39, 0.29) is 22.1 Å². The maximum absolute atomic E-state index is 13.6. The zero-order valence-corrected chi connectivity index (χ0v) is 21.6. The van der Waals surface area contributed by atoms with Crippen molar-refractivity contribution < 1.29 is 18.0 Å². The van der Waals surface area contributed by atoms with Crippen LogP contribution in [-0.2, 0) is 14.8 Å². The Labute approximate surface area is 211 Å². The van der Waals surface area contributed by atoms with E-state index in [9.17, 15) is 18.0 Å². The Hall–Kier alpha value is -3.36. The van der Waals surface area contributed by atoms with Crippen molar-refractivity contribution in [3.8, 4) is 0 Å². The maximum Gasteiger partial charge on any atom is 0.264 e. The smallest absolute Gasteiger partial charge is 0.264 e. The summed E-state index contributed by atoms with van der Waals surface area (Å²) in [6, 6.07) is 19.2. The van der Waals surface area contributed by atoms with E-state index in [0.29, 0.717) is 16.3 Å². The van der Waals surface area contributed by atoms with Crippen molar-refractivity contribution >= 4 is 44.8 Å².